The summed E-state index contributed by atoms with van der Waals surface area (Å²) in [5.41, 5.74) is 0.992. The minimum atomic E-state index is -0.724. The Morgan fingerprint density at radius 1 is 1.00 bits per heavy atom. The van der Waals surface area contributed by atoms with Gasteiger partial charge in [0, 0.05) is 7.05 Å². The maximum absolute atomic E-state index is 12.3. The maximum Gasteiger partial charge on any atom is 0.286 e. The molecule has 0 saturated heterocycles. The fourth-order valence-corrected chi connectivity index (χ4v) is 4.35. The molecule has 0 aliphatic carbocycles. The fourth-order valence-electron chi connectivity index (χ4n) is 3.87. The van der Waals surface area contributed by atoms with Crippen molar-refractivity contribution in [1.29, 1.82) is 0 Å². The number of aromatic hydroxyl groups is 1. The van der Waals surface area contributed by atoms with Crippen molar-refractivity contribution < 1.29 is 19.5 Å². The minimum absolute atomic E-state index is 0.102. The molecule has 34 heavy (non-hydrogen) atoms. The summed E-state index contributed by atoms with van der Waals surface area (Å²) in [6, 6.07) is 3.55. The highest BCUT2D eigenvalue weighted by atomic mass is 79.9. The highest BCUT2D eigenvalue weighted by Gasteiger charge is 2.22. The molecule has 1 aromatic rings. The number of likely N-dealkylation sites (N-methyl/N-ethyl adjacent to an activating group) is 1. The lowest BCUT2D eigenvalue weighted by molar-refractivity contribution is -0.175. The average Bonchev–Trinajstić information content (AvgIpc) is 2.84. The molecule has 0 radical (unpaired) electrons. The summed E-state index contributed by atoms with van der Waals surface area (Å²) in [6.07, 6.45) is 21.3. The monoisotopic (exact) mass is 539 g/mol. The number of allylic oxidation sites excluding steroid dienone is 2. The second-order valence-electron chi connectivity index (χ2n) is 9.00. The zero-order valence-electron chi connectivity index (χ0n) is 21.8. The van der Waals surface area contributed by atoms with Gasteiger partial charge in [0.25, 0.3) is 5.91 Å². The van der Waals surface area contributed by atoms with Gasteiger partial charge in [-0.05, 0) is 73.0 Å². The van der Waals surface area contributed by atoms with Crippen molar-refractivity contribution in [1.82, 2.24) is 5.06 Å². The first-order chi connectivity index (χ1) is 16.4. The molecule has 1 atom stereocenters. The highest BCUT2D eigenvalue weighted by Crippen LogP contribution is 2.38. The number of amides is 1. The number of rotatable bonds is 19. The van der Waals surface area contributed by atoms with E-state index in [-0.39, 0.29) is 11.7 Å². The smallest absolute Gasteiger partial charge is 0.286 e. The number of halogens is 1. The first-order valence-electron chi connectivity index (χ1n) is 13.1. The number of unbranched alkanes of at least 4 members (excludes halogenated alkanes) is 11. The van der Waals surface area contributed by atoms with E-state index in [1.807, 2.05) is 6.07 Å². The number of hydrogen-bond acceptors (Lipinski definition) is 4. The van der Waals surface area contributed by atoms with Crippen LogP contribution in [0, 0.1) is 0 Å². The van der Waals surface area contributed by atoms with Crippen LogP contribution in [0.25, 0.3) is 0 Å². The van der Waals surface area contributed by atoms with Crippen molar-refractivity contribution in [3.8, 4) is 11.5 Å². The second kappa shape index (κ2) is 18.8. The van der Waals surface area contributed by atoms with E-state index < -0.39 is 6.10 Å². The van der Waals surface area contributed by atoms with Gasteiger partial charge < -0.3 is 9.84 Å². The number of aryl methyl sites for hydroxylation is 1. The zero-order valence-corrected chi connectivity index (χ0v) is 23.4. The molecule has 0 unspecified atom stereocenters. The Morgan fingerprint density at radius 3 is 2.15 bits per heavy atom. The third-order valence-corrected chi connectivity index (χ3v) is 6.86. The molecule has 1 amide bonds. The molecule has 6 heteroatoms. The molecule has 0 spiro atoms. The second-order valence-corrected chi connectivity index (χ2v) is 9.79. The molecule has 5 nitrogen and oxygen atoms in total. The van der Waals surface area contributed by atoms with Gasteiger partial charge in [0.2, 0.25) is 0 Å². The Morgan fingerprint density at radius 2 is 1.56 bits per heavy atom. The summed E-state index contributed by atoms with van der Waals surface area (Å²) >= 11 is 3.41. The van der Waals surface area contributed by atoms with Gasteiger partial charge in [0.1, 0.15) is 16.0 Å². The molecule has 1 rings (SSSR count). The zero-order chi connectivity index (χ0) is 25.2. The van der Waals surface area contributed by atoms with Crippen molar-refractivity contribution in [2.45, 2.75) is 110 Å². The predicted molar refractivity (Wildman–Crippen MR) is 144 cm³/mol. The topological polar surface area (TPSA) is 59.0 Å². The molecule has 0 aliphatic heterocycles. The molecule has 194 valence electrons. The van der Waals surface area contributed by atoms with E-state index in [0.29, 0.717) is 10.2 Å². The van der Waals surface area contributed by atoms with E-state index in [0.717, 1.165) is 29.9 Å². The van der Waals surface area contributed by atoms with Crippen LogP contribution in [-0.4, -0.2) is 36.3 Å². The Kier molecular flexibility index (Phi) is 16.8. The van der Waals surface area contributed by atoms with Gasteiger partial charge in [-0.2, -0.15) is 0 Å². The van der Waals surface area contributed by atoms with Gasteiger partial charge in [-0.15, -0.1) is 0 Å². The van der Waals surface area contributed by atoms with Crippen molar-refractivity contribution in [3.05, 3.63) is 34.3 Å². The van der Waals surface area contributed by atoms with Crippen molar-refractivity contribution in [3.63, 3.8) is 0 Å². The first-order valence-corrected chi connectivity index (χ1v) is 13.8. The lowest BCUT2D eigenvalue weighted by Gasteiger charge is -2.22. The number of nitrogens with zero attached hydrogens (tertiary/aromatic N) is 1. The van der Waals surface area contributed by atoms with Crippen LogP contribution in [-0.2, 0) is 16.1 Å². The fraction of sp³-hybridized carbons (Fsp3) is 0.679. The number of carbonyl (C=O) groups excluding carboxylic acids is 1. The highest BCUT2D eigenvalue weighted by molar-refractivity contribution is 9.10. The van der Waals surface area contributed by atoms with E-state index in [4.69, 9.17) is 9.57 Å². The summed E-state index contributed by atoms with van der Waals surface area (Å²) in [4.78, 5) is 17.2. The lowest BCUT2D eigenvalue weighted by atomic mass is 10.0. The Labute approximate surface area is 216 Å². The number of hydrogen-bond donors (Lipinski definition) is 1. The van der Waals surface area contributed by atoms with Crippen LogP contribution in [0.5, 0.6) is 11.5 Å². The molecule has 0 saturated carbocycles. The first kappa shape index (κ1) is 30.5. The van der Waals surface area contributed by atoms with Crippen molar-refractivity contribution >= 4 is 21.8 Å². The summed E-state index contributed by atoms with van der Waals surface area (Å²) in [5.74, 6) is 0.347. The van der Waals surface area contributed by atoms with Gasteiger partial charge in [0.05, 0.1) is 7.11 Å². The SMILES string of the molecule is CCCCCC/C=C\CCCCCCCCCc1ccc(O)c(Br)c1O[C@@H](C)C(=O)N(C)OC. The lowest BCUT2D eigenvalue weighted by Crippen LogP contribution is -2.37. The third kappa shape index (κ3) is 12.3. The van der Waals surface area contributed by atoms with Crippen LogP contribution in [0.2, 0.25) is 0 Å². The van der Waals surface area contributed by atoms with Crippen LogP contribution in [0.3, 0.4) is 0 Å². The van der Waals surface area contributed by atoms with Crippen LogP contribution in [0.1, 0.15) is 103 Å². The molecule has 1 N–H and O–H groups in total. The van der Waals surface area contributed by atoms with Crippen LogP contribution >= 0.6 is 15.9 Å². The number of carbonyl (C=O) groups is 1. The molecular weight excluding hydrogens is 494 g/mol. The standard InChI is InChI=1S/C28H46BrNO4/c1-5-6-7-8-9-10-11-12-13-14-15-16-17-18-19-20-24-21-22-25(31)26(29)27(24)34-23(2)28(32)30(3)33-4/h10-11,21-23,31H,5-9,12-20H2,1-4H3/b11-10-/t23-/m0/s1. The Balaban J connectivity index is 2.28. The summed E-state index contributed by atoms with van der Waals surface area (Å²) < 4.78 is 6.42. The number of hydroxylamine groups is 2. The largest absolute Gasteiger partial charge is 0.507 e. The number of benzene rings is 1. The summed E-state index contributed by atoms with van der Waals surface area (Å²) in [7, 11) is 2.99. The third-order valence-electron chi connectivity index (χ3n) is 6.09. The van der Waals surface area contributed by atoms with Gasteiger partial charge in [-0.25, -0.2) is 5.06 Å². The Bertz CT molecular complexity index is 723. The van der Waals surface area contributed by atoms with Crippen molar-refractivity contribution in [2.24, 2.45) is 0 Å². The summed E-state index contributed by atoms with van der Waals surface area (Å²) in [6.45, 7) is 3.94. The number of ether oxygens (including phenoxy) is 1. The normalized spacial score (nSPS) is 12.3. The molecule has 0 aliphatic rings. The Hall–Kier alpha value is -1.53. The maximum atomic E-state index is 12.3. The minimum Gasteiger partial charge on any atom is -0.507 e. The van der Waals surface area contributed by atoms with Crippen LogP contribution in [0.4, 0.5) is 0 Å². The van der Waals surface area contributed by atoms with E-state index in [1.165, 1.54) is 77.7 Å². The van der Waals surface area contributed by atoms with Crippen LogP contribution in [0.15, 0.2) is 28.8 Å². The van der Waals surface area contributed by atoms with Gasteiger partial charge in [-0.3, -0.25) is 9.63 Å². The molecular formula is C28H46BrNO4. The average molecular weight is 541 g/mol. The van der Waals surface area contributed by atoms with E-state index in [1.54, 1.807) is 20.0 Å². The van der Waals surface area contributed by atoms with Gasteiger partial charge in [-0.1, -0.05) is 76.5 Å². The van der Waals surface area contributed by atoms with Crippen molar-refractivity contribution in [2.75, 3.05) is 14.2 Å². The van der Waals surface area contributed by atoms with E-state index in [9.17, 15) is 9.90 Å². The molecule has 0 bridgehead atoms. The van der Waals surface area contributed by atoms with E-state index in [2.05, 4.69) is 35.0 Å². The van der Waals surface area contributed by atoms with Crippen LogP contribution < -0.4 is 4.74 Å². The number of phenolic OH excluding ortho intramolecular Hbond substituents is 1. The predicted octanol–water partition coefficient (Wildman–Crippen LogP) is 8.13. The quantitative estimate of drug-likeness (QED) is 0.109. The molecule has 0 heterocycles. The molecule has 0 fully saturated rings. The van der Waals surface area contributed by atoms with Gasteiger partial charge >= 0.3 is 0 Å². The van der Waals surface area contributed by atoms with Gasteiger partial charge in [0.15, 0.2) is 6.10 Å². The molecule has 1 aromatic carbocycles. The summed E-state index contributed by atoms with van der Waals surface area (Å²) in [5, 5.41) is 11.2. The van der Waals surface area contributed by atoms with E-state index >= 15 is 0 Å². The number of phenols is 1. The molecule has 0 aromatic heterocycles.